The lowest BCUT2D eigenvalue weighted by Crippen LogP contribution is -2.47. The highest BCUT2D eigenvalue weighted by molar-refractivity contribution is 9.10. The molecule has 2 aliphatic rings. The lowest BCUT2D eigenvalue weighted by molar-refractivity contribution is 0.0888. The molecule has 0 aromatic heterocycles. The second kappa shape index (κ2) is 6.01. The van der Waals surface area contributed by atoms with E-state index >= 15 is 0 Å². The molecule has 114 valence electrons. The molecule has 2 heterocycles. The minimum atomic E-state index is -0.835. The predicted molar refractivity (Wildman–Crippen MR) is 79.1 cm³/mol. The Balaban J connectivity index is 1.69. The van der Waals surface area contributed by atoms with Crippen LogP contribution in [0.4, 0.5) is 8.78 Å². The van der Waals surface area contributed by atoms with E-state index in [1.54, 1.807) is 0 Å². The third-order valence-electron chi connectivity index (χ3n) is 4.39. The van der Waals surface area contributed by atoms with Crippen LogP contribution in [0.25, 0.3) is 0 Å². The fraction of sp³-hybridized carbons (Fsp3) is 0.533. The molecule has 3 nitrogen and oxygen atoms in total. The zero-order chi connectivity index (χ0) is 15.0. The molecule has 2 atom stereocenters. The molecule has 6 heteroatoms. The third kappa shape index (κ3) is 3.11. The average molecular weight is 359 g/mol. The normalized spacial score (nSPS) is 25.7. The van der Waals surface area contributed by atoms with Crippen LogP contribution in [0, 0.1) is 11.6 Å². The summed E-state index contributed by atoms with van der Waals surface area (Å²) in [6.07, 6.45) is 4.04. The van der Waals surface area contributed by atoms with Crippen molar-refractivity contribution in [1.29, 1.82) is 0 Å². The number of piperidine rings is 1. The first-order chi connectivity index (χ1) is 10.0. The number of halogens is 3. The molecule has 2 aliphatic heterocycles. The third-order valence-corrected chi connectivity index (χ3v) is 4.85. The molecule has 1 aromatic carbocycles. The molecule has 0 radical (unpaired) electrons. The molecule has 2 saturated heterocycles. The molecule has 2 unspecified atom stereocenters. The van der Waals surface area contributed by atoms with Crippen molar-refractivity contribution in [3.63, 3.8) is 0 Å². The first-order valence-electron chi connectivity index (χ1n) is 7.24. The van der Waals surface area contributed by atoms with E-state index in [2.05, 4.69) is 26.1 Å². The first kappa shape index (κ1) is 14.9. The molecule has 3 rings (SSSR count). The fourth-order valence-corrected chi connectivity index (χ4v) is 3.77. The van der Waals surface area contributed by atoms with Crippen LogP contribution >= 0.6 is 15.9 Å². The number of hydrogen-bond donors (Lipinski definition) is 1. The largest absolute Gasteiger partial charge is 0.349 e. The van der Waals surface area contributed by atoms with E-state index in [1.807, 2.05) is 0 Å². The maximum Gasteiger partial charge on any atom is 0.257 e. The number of carbonyl (C=O) groups excluding carboxylic acids is 1. The van der Waals surface area contributed by atoms with E-state index in [0.717, 1.165) is 44.5 Å². The first-order valence-corrected chi connectivity index (χ1v) is 8.03. The molecule has 0 aliphatic carbocycles. The second-order valence-electron chi connectivity index (χ2n) is 5.77. The lowest BCUT2D eigenvalue weighted by atomic mass is 9.97. The topological polar surface area (TPSA) is 32.3 Å². The summed E-state index contributed by atoms with van der Waals surface area (Å²) in [6.45, 7) is 2.07. The van der Waals surface area contributed by atoms with E-state index < -0.39 is 23.1 Å². The molecular formula is C15H17BrF2N2O. The number of amides is 1. The minimum Gasteiger partial charge on any atom is -0.349 e. The van der Waals surface area contributed by atoms with E-state index in [1.165, 1.54) is 6.42 Å². The molecular weight excluding hydrogens is 342 g/mol. The van der Waals surface area contributed by atoms with Crippen LogP contribution < -0.4 is 5.32 Å². The lowest BCUT2D eigenvalue weighted by Gasteiger charge is -2.35. The van der Waals surface area contributed by atoms with E-state index in [0.29, 0.717) is 6.04 Å². The Hall–Kier alpha value is -1.01. The van der Waals surface area contributed by atoms with Crippen molar-refractivity contribution in [3.8, 4) is 0 Å². The Labute approximate surface area is 130 Å². The monoisotopic (exact) mass is 358 g/mol. The summed E-state index contributed by atoms with van der Waals surface area (Å²) >= 11 is 3.01. The van der Waals surface area contributed by atoms with E-state index in [4.69, 9.17) is 0 Å². The van der Waals surface area contributed by atoms with Crippen molar-refractivity contribution in [2.75, 3.05) is 13.1 Å². The molecule has 0 saturated carbocycles. The number of benzene rings is 1. The van der Waals surface area contributed by atoms with Crippen molar-refractivity contribution in [2.45, 2.75) is 37.8 Å². The van der Waals surface area contributed by atoms with Gasteiger partial charge in [-0.05, 0) is 44.4 Å². The van der Waals surface area contributed by atoms with Gasteiger partial charge in [-0.15, -0.1) is 0 Å². The summed E-state index contributed by atoms with van der Waals surface area (Å²) in [5, 5.41) is 2.79. The molecule has 1 amide bonds. The number of hydrogen-bond acceptors (Lipinski definition) is 2. The van der Waals surface area contributed by atoms with Crippen LogP contribution in [0.2, 0.25) is 0 Å². The van der Waals surface area contributed by atoms with Gasteiger partial charge in [-0.2, -0.15) is 0 Å². The highest BCUT2D eigenvalue weighted by atomic mass is 79.9. The Morgan fingerprint density at radius 1 is 1.24 bits per heavy atom. The predicted octanol–water partition coefficient (Wildman–Crippen LogP) is 3.08. The maximum absolute atomic E-state index is 13.8. The summed E-state index contributed by atoms with van der Waals surface area (Å²) in [5.41, 5.74) is -0.493. The van der Waals surface area contributed by atoms with E-state index in [9.17, 15) is 13.6 Å². The maximum atomic E-state index is 13.8. The van der Waals surface area contributed by atoms with Gasteiger partial charge >= 0.3 is 0 Å². The van der Waals surface area contributed by atoms with Crippen LogP contribution in [0.5, 0.6) is 0 Å². The minimum absolute atomic E-state index is 0.000651. The van der Waals surface area contributed by atoms with Gasteiger partial charge in [0.1, 0.15) is 17.2 Å². The van der Waals surface area contributed by atoms with Crippen LogP contribution in [0.1, 0.15) is 36.0 Å². The van der Waals surface area contributed by atoms with Gasteiger partial charge in [-0.1, -0.05) is 15.9 Å². The summed E-state index contributed by atoms with van der Waals surface area (Å²) in [6, 6.07) is 2.72. The number of rotatable bonds is 2. The average Bonchev–Trinajstić information content (AvgIpc) is 2.84. The molecule has 0 spiro atoms. The molecule has 0 bridgehead atoms. The summed E-state index contributed by atoms with van der Waals surface area (Å²) in [4.78, 5) is 14.6. The smallest absolute Gasteiger partial charge is 0.257 e. The Kier molecular flexibility index (Phi) is 4.26. The summed E-state index contributed by atoms with van der Waals surface area (Å²) < 4.78 is 27.9. The van der Waals surface area contributed by atoms with Crippen LogP contribution in [-0.4, -0.2) is 36.0 Å². The molecule has 2 fully saturated rings. The van der Waals surface area contributed by atoms with Gasteiger partial charge in [0, 0.05) is 23.1 Å². The Bertz CT molecular complexity index is 544. The fourth-order valence-electron chi connectivity index (χ4n) is 3.37. The number of fused-ring (bicyclic) bond motifs is 1. The van der Waals surface area contributed by atoms with E-state index in [-0.39, 0.29) is 10.5 Å². The van der Waals surface area contributed by atoms with Crippen LogP contribution in [0.3, 0.4) is 0 Å². The van der Waals surface area contributed by atoms with Gasteiger partial charge in [0.25, 0.3) is 5.91 Å². The zero-order valence-corrected chi connectivity index (χ0v) is 13.1. The van der Waals surface area contributed by atoms with Gasteiger partial charge in [-0.3, -0.25) is 4.79 Å². The van der Waals surface area contributed by atoms with Crippen molar-refractivity contribution < 1.29 is 13.6 Å². The SMILES string of the molecule is O=C(NC1CCN2CCCC2C1)c1c(F)cc(Br)cc1F. The van der Waals surface area contributed by atoms with Crippen molar-refractivity contribution in [3.05, 3.63) is 33.8 Å². The Morgan fingerprint density at radius 2 is 1.95 bits per heavy atom. The standard InChI is InChI=1S/C15H17BrF2N2O/c16-9-6-12(17)14(13(18)7-9)15(21)19-10-3-5-20-4-1-2-11(20)8-10/h6-7,10-11H,1-5,8H2,(H,19,21). The zero-order valence-electron chi connectivity index (χ0n) is 11.5. The highest BCUT2D eigenvalue weighted by Crippen LogP contribution is 2.27. The van der Waals surface area contributed by atoms with Gasteiger partial charge < -0.3 is 10.2 Å². The molecule has 21 heavy (non-hydrogen) atoms. The highest BCUT2D eigenvalue weighted by Gasteiger charge is 2.33. The van der Waals surface area contributed by atoms with Crippen molar-refractivity contribution in [2.24, 2.45) is 0 Å². The molecule has 1 aromatic rings. The molecule has 1 N–H and O–H groups in total. The number of nitrogens with one attached hydrogen (secondary N) is 1. The van der Waals surface area contributed by atoms with Gasteiger partial charge in [0.2, 0.25) is 0 Å². The van der Waals surface area contributed by atoms with Crippen molar-refractivity contribution >= 4 is 21.8 Å². The Morgan fingerprint density at radius 3 is 2.67 bits per heavy atom. The van der Waals surface area contributed by atoms with Gasteiger partial charge in [-0.25, -0.2) is 8.78 Å². The number of carbonyl (C=O) groups is 1. The van der Waals surface area contributed by atoms with Crippen LogP contribution in [-0.2, 0) is 0 Å². The van der Waals surface area contributed by atoms with Gasteiger partial charge in [0.15, 0.2) is 0 Å². The second-order valence-corrected chi connectivity index (χ2v) is 6.69. The van der Waals surface area contributed by atoms with Gasteiger partial charge in [0.05, 0.1) is 0 Å². The summed E-state index contributed by atoms with van der Waals surface area (Å²) in [5.74, 6) is -2.33. The van der Waals surface area contributed by atoms with Crippen molar-refractivity contribution in [1.82, 2.24) is 10.2 Å². The summed E-state index contributed by atoms with van der Waals surface area (Å²) in [7, 11) is 0. The quantitative estimate of drug-likeness (QED) is 0.880. The number of nitrogens with zero attached hydrogens (tertiary/aromatic N) is 1. The van der Waals surface area contributed by atoms with Crippen LogP contribution in [0.15, 0.2) is 16.6 Å².